The van der Waals surface area contributed by atoms with Crippen molar-refractivity contribution in [2.75, 3.05) is 80.2 Å². The van der Waals surface area contributed by atoms with Gasteiger partial charge in [-0.1, -0.05) is 33.5 Å². The molecule has 0 radical (unpaired) electrons. The van der Waals surface area contributed by atoms with E-state index in [1.807, 2.05) is 69.3 Å². The van der Waals surface area contributed by atoms with Crippen molar-refractivity contribution in [1.29, 1.82) is 15.8 Å². The molecule has 3 atom stereocenters. The molecule has 0 bridgehead atoms. The predicted molar refractivity (Wildman–Crippen MR) is 342 cm³/mol. The SMILES string of the molecule is CCN(C(=O)OC(C)(C)C)[C@H]1CCN(c2ccnc3c2c2cc(C#N)ncc2n3COCC[Si](C)(C)C)C1.CCN[C@H]1CCN(c2c(Br)cnc3[nH]c4cnc(C#N)cc4c23)C1.CCN[C@H]1CCN(c2c(F)cnc3[nH]c4cnc(C#N)cc4c23)C1. The summed E-state index contributed by atoms with van der Waals surface area (Å²) < 4.78 is 29.5. The number of carbonyl (C=O) groups is 1. The van der Waals surface area contributed by atoms with Crippen LogP contribution in [0.25, 0.3) is 65.8 Å². The summed E-state index contributed by atoms with van der Waals surface area (Å²) in [7, 11) is -1.21. The first-order chi connectivity index (χ1) is 41.3. The van der Waals surface area contributed by atoms with E-state index in [4.69, 9.17) is 25.0 Å². The van der Waals surface area contributed by atoms with Gasteiger partial charge in [-0.3, -0.25) is 4.57 Å². The standard InChI is InChI=1S/C28H40N6O3Si.C17H17BrN6.C17H17FN6/c1-8-33(27(35)37-28(2,3)4)21-10-12-32(18-21)23-9-11-30-26-25(23)22-15-20(16-29)31-17-24(22)34(26)19-36-13-14-38(5,6)7;2*1-2-20-10-3-4-24(9-10)16-13(18)7-22-17-15(16)12-5-11(6-19)21-8-14(12)23-17/h9,11,15,17,21H,8,10,12-14,18-19H2,1-7H3;2*5,7-8,10,20H,2-4,9H2,1H3,(H,22,23)/t21-;2*10-/m000/s1. The van der Waals surface area contributed by atoms with Gasteiger partial charge >= 0.3 is 6.09 Å². The number of carbonyl (C=O) groups excluding carboxylic acids is 1. The first-order valence-corrected chi connectivity index (χ1v) is 34.0. The van der Waals surface area contributed by atoms with Crippen molar-refractivity contribution in [1.82, 2.24) is 60.0 Å². The number of H-pyrrole nitrogens is 2. The number of nitriles is 3. The Hall–Kier alpha value is -8.05. The monoisotopic (exact) mass is 1240 g/mol. The molecule has 448 valence electrons. The summed E-state index contributed by atoms with van der Waals surface area (Å²) in [6, 6.07) is 15.7. The smallest absolute Gasteiger partial charge is 0.410 e. The van der Waals surface area contributed by atoms with Crippen LogP contribution in [0.5, 0.6) is 0 Å². The van der Waals surface area contributed by atoms with Gasteiger partial charge in [0.1, 0.15) is 64.6 Å². The number of aromatic nitrogens is 9. The minimum Gasteiger partial charge on any atom is -0.444 e. The highest BCUT2D eigenvalue weighted by Gasteiger charge is 2.35. The number of halogens is 2. The summed E-state index contributed by atoms with van der Waals surface area (Å²) in [5.41, 5.74) is 8.10. The van der Waals surface area contributed by atoms with Gasteiger partial charge in [-0.05, 0) is 106 Å². The lowest BCUT2D eigenvalue weighted by atomic mass is 10.1. The second-order valence-electron chi connectivity index (χ2n) is 24.2. The molecule has 9 aromatic heterocycles. The maximum Gasteiger partial charge on any atom is 0.410 e. The van der Waals surface area contributed by atoms with Gasteiger partial charge in [0.05, 0.1) is 85.1 Å². The molecule has 3 aliphatic rings. The maximum absolute atomic E-state index is 14.7. The molecule has 21 nitrogen and oxygen atoms in total. The fourth-order valence-electron chi connectivity index (χ4n) is 12.0. The number of amides is 1. The van der Waals surface area contributed by atoms with Crippen molar-refractivity contribution in [2.24, 2.45) is 0 Å². The summed E-state index contributed by atoms with van der Waals surface area (Å²) in [6.07, 6.45) is 12.6. The molecule has 0 unspecified atom stereocenters. The molecule has 0 aromatic carbocycles. The van der Waals surface area contributed by atoms with Gasteiger partial charge in [0.25, 0.3) is 0 Å². The molecule has 0 saturated carbocycles. The van der Waals surface area contributed by atoms with Gasteiger partial charge in [0.15, 0.2) is 5.82 Å². The van der Waals surface area contributed by atoms with E-state index in [9.17, 15) is 14.4 Å². The third-order valence-electron chi connectivity index (χ3n) is 15.9. The molecule has 3 saturated heterocycles. The van der Waals surface area contributed by atoms with Crippen LogP contribution < -0.4 is 25.3 Å². The molecule has 86 heavy (non-hydrogen) atoms. The second-order valence-corrected chi connectivity index (χ2v) is 30.7. The van der Waals surface area contributed by atoms with E-state index < -0.39 is 13.7 Å². The highest BCUT2D eigenvalue weighted by atomic mass is 79.9. The molecular formula is C62H74BrFN18O3Si. The molecule has 24 heteroatoms. The van der Waals surface area contributed by atoms with Crippen LogP contribution in [0.3, 0.4) is 0 Å². The van der Waals surface area contributed by atoms with Crippen LogP contribution in [0.15, 0.2) is 65.9 Å². The highest BCUT2D eigenvalue weighted by Crippen LogP contribution is 2.41. The Kier molecular flexibility index (Phi) is 18.4. The van der Waals surface area contributed by atoms with E-state index in [-0.39, 0.29) is 18.0 Å². The quantitative estimate of drug-likeness (QED) is 0.0583. The van der Waals surface area contributed by atoms with Gasteiger partial charge in [-0.15, -0.1) is 0 Å². The van der Waals surface area contributed by atoms with Gasteiger partial charge in [-0.2, -0.15) is 15.8 Å². The number of rotatable bonds is 14. The van der Waals surface area contributed by atoms with Crippen LogP contribution >= 0.6 is 15.9 Å². The van der Waals surface area contributed by atoms with Gasteiger partial charge in [0, 0.05) is 101 Å². The average Bonchev–Trinajstić information content (AvgIpc) is 2.13. The van der Waals surface area contributed by atoms with Crippen LogP contribution in [0.4, 0.5) is 26.2 Å². The molecule has 3 aliphatic heterocycles. The minimum atomic E-state index is -1.21. The Balaban J connectivity index is 0.000000149. The molecule has 12 rings (SSSR count). The number of hydrogen-bond acceptors (Lipinski definition) is 17. The number of fused-ring (bicyclic) bond motifs is 9. The number of aromatic amines is 2. The summed E-state index contributed by atoms with van der Waals surface area (Å²) >= 11 is 3.67. The zero-order valence-electron chi connectivity index (χ0n) is 50.4. The van der Waals surface area contributed by atoms with E-state index >= 15 is 0 Å². The van der Waals surface area contributed by atoms with Crippen molar-refractivity contribution in [2.45, 2.75) is 117 Å². The van der Waals surface area contributed by atoms with E-state index in [2.05, 4.69) is 126 Å². The van der Waals surface area contributed by atoms with Crippen LogP contribution in [-0.4, -0.2) is 153 Å². The van der Waals surface area contributed by atoms with Crippen molar-refractivity contribution in [3.05, 3.63) is 88.8 Å². The molecule has 1 amide bonds. The second kappa shape index (κ2) is 25.9. The third kappa shape index (κ3) is 13.0. The number of nitrogens with zero attached hydrogens (tertiary/aromatic N) is 14. The van der Waals surface area contributed by atoms with Gasteiger partial charge < -0.3 is 49.7 Å². The molecular weight excluding hydrogens is 1170 g/mol. The fraction of sp³-hybridized carbons (Fsp3) is 0.452. The Morgan fingerprint density at radius 3 is 1.87 bits per heavy atom. The Bertz CT molecular complexity index is 3940. The van der Waals surface area contributed by atoms with Gasteiger partial charge in [-0.25, -0.2) is 39.1 Å². The predicted octanol–water partition coefficient (Wildman–Crippen LogP) is 10.8. The van der Waals surface area contributed by atoms with Crippen LogP contribution in [0.2, 0.25) is 25.7 Å². The molecule has 9 aromatic rings. The molecule has 0 spiro atoms. The lowest BCUT2D eigenvalue weighted by Gasteiger charge is -2.31. The number of likely N-dealkylation sites (N-methyl/N-ethyl adjacent to an activating group) is 3. The summed E-state index contributed by atoms with van der Waals surface area (Å²) in [5.74, 6) is -0.337. The Morgan fingerprint density at radius 1 is 0.744 bits per heavy atom. The normalized spacial score (nSPS) is 17.1. The van der Waals surface area contributed by atoms with Crippen molar-refractivity contribution in [3.63, 3.8) is 0 Å². The number of ether oxygens (including phenoxy) is 2. The van der Waals surface area contributed by atoms with E-state index in [1.54, 1.807) is 24.7 Å². The number of nitrogens with one attached hydrogen (secondary N) is 4. The minimum absolute atomic E-state index is 0.0487. The molecule has 3 fully saturated rings. The van der Waals surface area contributed by atoms with Crippen molar-refractivity contribution < 1.29 is 18.7 Å². The zero-order valence-corrected chi connectivity index (χ0v) is 52.9. The molecule has 12 heterocycles. The number of pyridine rings is 6. The van der Waals surface area contributed by atoms with Crippen molar-refractivity contribution >= 4 is 113 Å². The largest absolute Gasteiger partial charge is 0.444 e. The number of anilines is 3. The Labute approximate surface area is 509 Å². The summed E-state index contributed by atoms with van der Waals surface area (Å²) in [5, 5.41) is 40.2. The van der Waals surface area contributed by atoms with E-state index in [1.165, 1.54) is 6.20 Å². The fourth-order valence-corrected chi connectivity index (χ4v) is 13.3. The summed E-state index contributed by atoms with van der Waals surface area (Å²) in [4.78, 5) is 53.9. The first-order valence-electron chi connectivity index (χ1n) is 29.5. The highest BCUT2D eigenvalue weighted by molar-refractivity contribution is 9.10. The molecule has 4 N–H and O–H groups in total. The van der Waals surface area contributed by atoms with E-state index in [0.717, 1.165) is 147 Å². The van der Waals surface area contributed by atoms with E-state index in [0.29, 0.717) is 66.9 Å². The zero-order chi connectivity index (χ0) is 61.0. The topological polar surface area (TPSA) is 258 Å². The first kappa shape index (κ1) is 61.0. The molecule has 0 aliphatic carbocycles. The average molecular weight is 1250 g/mol. The summed E-state index contributed by atoms with van der Waals surface area (Å²) in [6.45, 7) is 27.4. The van der Waals surface area contributed by atoms with Crippen molar-refractivity contribution in [3.8, 4) is 18.2 Å². The van der Waals surface area contributed by atoms with Crippen LogP contribution in [-0.2, 0) is 16.2 Å². The lowest BCUT2D eigenvalue weighted by Crippen LogP contribution is -2.44. The van der Waals surface area contributed by atoms with Gasteiger partial charge in [0.2, 0.25) is 0 Å². The Morgan fingerprint density at radius 2 is 1.30 bits per heavy atom. The maximum atomic E-state index is 14.7. The third-order valence-corrected chi connectivity index (χ3v) is 18.2. The number of hydrogen-bond donors (Lipinski definition) is 4. The van der Waals surface area contributed by atoms with Crippen LogP contribution in [0, 0.1) is 39.8 Å². The lowest BCUT2D eigenvalue weighted by molar-refractivity contribution is 0.0190. The van der Waals surface area contributed by atoms with Crippen LogP contribution in [0.1, 0.15) is 77.9 Å².